The number of amides is 2. The Labute approximate surface area is 225 Å². The summed E-state index contributed by atoms with van der Waals surface area (Å²) < 4.78 is 14.8. The lowest BCUT2D eigenvalue weighted by Crippen LogP contribution is -2.58. The molecule has 1 aromatic rings. The van der Waals surface area contributed by atoms with E-state index in [0.717, 1.165) is 45.9 Å². The van der Waals surface area contributed by atoms with Gasteiger partial charge in [-0.1, -0.05) is 25.3 Å². The molecule has 0 radical (unpaired) electrons. The number of hydrogen-bond donors (Lipinski definition) is 2. The summed E-state index contributed by atoms with van der Waals surface area (Å²) in [6, 6.07) is 3.13. The lowest BCUT2D eigenvalue weighted by molar-refractivity contribution is -0.137. The molecule has 4 aliphatic carbocycles. The van der Waals surface area contributed by atoms with E-state index in [-0.39, 0.29) is 23.7 Å². The molecule has 5 fully saturated rings. The minimum Gasteiger partial charge on any atom is -0.311 e. The number of unbranched alkanes of at least 4 members (excludes halogenated alkanes) is 4. The zero-order valence-corrected chi connectivity index (χ0v) is 22.9. The molecule has 1 aromatic carbocycles. The molecule has 7 rings (SSSR count). The second-order valence-corrected chi connectivity index (χ2v) is 13.7. The third kappa shape index (κ3) is 5.65. The van der Waals surface area contributed by atoms with Gasteiger partial charge in [0.15, 0.2) is 0 Å². The Kier molecular flexibility index (Phi) is 7.66. The zero-order chi connectivity index (χ0) is 25.4. The molecule has 0 aromatic heterocycles. The summed E-state index contributed by atoms with van der Waals surface area (Å²) in [6.07, 6.45) is 15.8. The number of imide groups is 1. The van der Waals surface area contributed by atoms with Crippen LogP contribution in [0, 0.1) is 23.6 Å². The first-order valence-electron chi connectivity index (χ1n) is 14.7. The van der Waals surface area contributed by atoms with Crippen LogP contribution < -0.4 is 10.6 Å². The maximum absolute atomic E-state index is 14.8. The molecule has 7 heteroatoms. The van der Waals surface area contributed by atoms with Gasteiger partial charge in [0, 0.05) is 29.9 Å². The van der Waals surface area contributed by atoms with Gasteiger partial charge in [-0.2, -0.15) is 0 Å². The monoisotopic (exact) mass is 527 g/mol. The molecular formula is C30H42FN3O2S. The third-order valence-corrected chi connectivity index (χ3v) is 11.0. The number of nitrogens with zero attached hydrogens (tertiary/aromatic N) is 1. The first-order chi connectivity index (χ1) is 18.0. The van der Waals surface area contributed by atoms with Crippen LogP contribution in [0.5, 0.6) is 0 Å². The van der Waals surface area contributed by atoms with Crippen LogP contribution in [0.3, 0.4) is 0 Å². The van der Waals surface area contributed by atoms with Crippen molar-refractivity contribution in [2.45, 2.75) is 113 Å². The third-order valence-electron chi connectivity index (χ3n) is 9.80. The SMILES string of the molecule is O=C1CCC(N2Cc3ccc(F)c(SCCCCCCCNC45CC6CC(CC(C6)C4)C5)c3C2)C(=O)N1. The Morgan fingerprint density at radius 2 is 1.68 bits per heavy atom. The molecule has 37 heavy (non-hydrogen) atoms. The highest BCUT2D eigenvalue weighted by atomic mass is 32.2. The zero-order valence-electron chi connectivity index (χ0n) is 22.0. The normalized spacial score (nSPS) is 32.7. The molecule has 1 unspecified atom stereocenters. The van der Waals surface area contributed by atoms with Gasteiger partial charge in [-0.05, 0) is 105 Å². The van der Waals surface area contributed by atoms with E-state index in [2.05, 4.69) is 15.5 Å². The van der Waals surface area contributed by atoms with Gasteiger partial charge >= 0.3 is 0 Å². The fraction of sp³-hybridized carbons (Fsp3) is 0.733. The summed E-state index contributed by atoms with van der Waals surface area (Å²) >= 11 is 1.63. The molecule has 2 aliphatic heterocycles. The summed E-state index contributed by atoms with van der Waals surface area (Å²) in [4.78, 5) is 26.7. The van der Waals surface area contributed by atoms with Crippen LogP contribution in [0.1, 0.15) is 94.6 Å². The van der Waals surface area contributed by atoms with Crippen LogP contribution in [0.15, 0.2) is 17.0 Å². The summed E-state index contributed by atoms with van der Waals surface area (Å²) in [5.74, 6) is 3.39. The maximum Gasteiger partial charge on any atom is 0.243 e. The molecule has 6 aliphatic rings. The number of fused-ring (bicyclic) bond motifs is 1. The Morgan fingerprint density at radius 1 is 0.973 bits per heavy atom. The van der Waals surface area contributed by atoms with Gasteiger partial charge in [0.1, 0.15) is 5.82 Å². The van der Waals surface area contributed by atoms with Gasteiger partial charge < -0.3 is 5.32 Å². The van der Waals surface area contributed by atoms with Crippen LogP contribution in [-0.4, -0.2) is 40.6 Å². The number of halogens is 1. The molecule has 1 atom stereocenters. The number of thioether (sulfide) groups is 1. The van der Waals surface area contributed by atoms with E-state index in [0.29, 0.717) is 31.5 Å². The number of nitrogens with one attached hydrogen (secondary N) is 2. The summed E-state index contributed by atoms with van der Waals surface area (Å²) in [7, 11) is 0. The quantitative estimate of drug-likeness (QED) is 0.225. The highest BCUT2D eigenvalue weighted by molar-refractivity contribution is 7.99. The van der Waals surface area contributed by atoms with Crippen molar-refractivity contribution in [3.8, 4) is 0 Å². The molecular weight excluding hydrogens is 485 g/mol. The average molecular weight is 528 g/mol. The van der Waals surface area contributed by atoms with Crippen molar-refractivity contribution in [3.05, 3.63) is 29.1 Å². The van der Waals surface area contributed by atoms with Crippen molar-refractivity contribution >= 4 is 23.6 Å². The molecule has 202 valence electrons. The number of rotatable bonds is 11. The molecule has 0 spiro atoms. The van der Waals surface area contributed by atoms with Gasteiger partial charge in [-0.25, -0.2) is 4.39 Å². The summed E-state index contributed by atoms with van der Waals surface area (Å²) in [5.41, 5.74) is 2.63. The number of piperidine rings is 1. The Balaban J connectivity index is 0.896. The fourth-order valence-corrected chi connectivity index (χ4v) is 9.59. The molecule has 2 N–H and O–H groups in total. The largest absolute Gasteiger partial charge is 0.311 e. The van der Waals surface area contributed by atoms with Crippen LogP contribution >= 0.6 is 11.8 Å². The van der Waals surface area contributed by atoms with Gasteiger partial charge in [0.05, 0.1) is 6.04 Å². The predicted molar refractivity (Wildman–Crippen MR) is 145 cm³/mol. The highest BCUT2D eigenvalue weighted by Crippen LogP contribution is 2.55. The Bertz CT molecular complexity index is 995. The lowest BCUT2D eigenvalue weighted by Gasteiger charge is -2.57. The number of benzene rings is 1. The molecule has 4 saturated carbocycles. The minimum absolute atomic E-state index is 0.148. The smallest absolute Gasteiger partial charge is 0.243 e. The number of hydrogen-bond acceptors (Lipinski definition) is 5. The van der Waals surface area contributed by atoms with Crippen molar-refractivity contribution in [2.24, 2.45) is 17.8 Å². The van der Waals surface area contributed by atoms with Gasteiger partial charge in [-0.15, -0.1) is 11.8 Å². The first-order valence-corrected chi connectivity index (χ1v) is 15.7. The first kappa shape index (κ1) is 25.8. The molecule has 1 saturated heterocycles. The highest BCUT2D eigenvalue weighted by Gasteiger charge is 2.50. The fourth-order valence-electron chi connectivity index (χ4n) is 8.46. The van der Waals surface area contributed by atoms with Crippen LogP contribution in [0.2, 0.25) is 0 Å². The van der Waals surface area contributed by atoms with E-state index in [1.54, 1.807) is 17.8 Å². The summed E-state index contributed by atoms with van der Waals surface area (Å²) in [5, 5.41) is 6.47. The standard InChI is InChI=1S/C30H42FN3O2S/c31-25-7-6-23-18-34(26-8-9-27(35)33-29(26)36)19-24(23)28(25)37-11-5-3-1-2-4-10-32-30-15-20-12-21(16-30)14-22(13-20)17-30/h6-7,20-22,26,32H,1-5,8-19H2,(H,33,35,36). The van der Waals surface area contributed by atoms with Crippen molar-refractivity contribution in [1.82, 2.24) is 15.5 Å². The van der Waals surface area contributed by atoms with E-state index in [1.165, 1.54) is 70.8 Å². The lowest BCUT2D eigenvalue weighted by atomic mass is 9.53. The van der Waals surface area contributed by atoms with Crippen LogP contribution in [-0.2, 0) is 22.7 Å². The molecule has 4 bridgehead atoms. The van der Waals surface area contributed by atoms with Crippen LogP contribution in [0.25, 0.3) is 0 Å². The van der Waals surface area contributed by atoms with Crippen molar-refractivity contribution in [2.75, 3.05) is 12.3 Å². The topological polar surface area (TPSA) is 61.4 Å². The number of carbonyl (C=O) groups excluding carboxylic acids is 2. The molecule has 2 amide bonds. The van der Waals surface area contributed by atoms with Gasteiger partial charge in [-0.3, -0.25) is 19.8 Å². The van der Waals surface area contributed by atoms with Crippen LogP contribution in [0.4, 0.5) is 4.39 Å². The second kappa shape index (κ2) is 11.0. The van der Waals surface area contributed by atoms with Gasteiger partial charge in [0.25, 0.3) is 0 Å². The predicted octanol–water partition coefficient (Wildman–Crippen LogP) is 5.55. The summed E-state index contributed by atoms with van der Waals surface area (Å²) in [6.45, 7) is 2.40. The van der Waals surface area contributed by atoms with E-state index in [9.17, 15) is 14.0 Å². The van der Waals surface area contributed by atoms with E-state index >= 15 is 0 Å². The van der Waals surface area contributed by atoms with Crippen molar-refractivity contribution in [3.63, 3.8) is 0 Å². The Morgan fingerprint density at radius 3 is 2.41 bits per heavy atom. The Hall–Kier alpha value is -1.44. The van der Waals surface area contributed by atoms with E-state index in [4.69, 9.17) is 0 Å². The van der Waals surface area contributed by atoms with E-state index < -0.39 is 0 Å². The van der Waals surface area contributed by atoms with Crippen molar-refractivity contribution in [1.29, 1.82) is 0 Å². The molecule has 2 heterocycles. The van der Waals surface area contributed by atoms with Gasteiger partial charge in [0.2, 0.25) is 11.8 Å². The maximum atomic E-state index is 14.8. The minimum atomic E-state index is -0.302. The average Bonchev–Trinajstić information content (AvgIpc) is 3.27. The van der Waals surface area contributed by atoms with Crippen molar-refractivity contribution < 1.29 is 14.0 Å². The second-order valence-electron chi connectivity index (χ2n) is 12.6. The molecule has 5 nitrogen and oxygen atoms in total. The number of carbonyl (C=O) groups is 2. The van der Waals surface area contributed by atoms with E-state index in [1.807, 2.05) is 6.07 Å².